The van der Waals surface area contributed by atoms with Crippen LogP contribution >= 0.6 is 11.6 Å². The highest BCUT2D eigenvalue weighted by Crippen LogP contribution is 2.17. The molecule has 2 aromatic rings. The zero-order valence-electron chi connectivity index (χ0n) is 15.0. The fraction of sp³-hybridized carbons (Fsp3) is 0.263. The second-order valence-corrected chi connectivity index (χ2v) is 5.81. The number of nitrogens with one attached hydrogen (secondary N) is 1. The minimum atomic E-state index is -0.361. The summed E-state index contributed by atoms with van der Waals surface area (Å²) < 4.78 is 5.06. The molecule has 0 aliphatic carbocycles. The number of guanidine groups is 1. The van der Waals surface area contributed by atoms with Crippen molar-refractivity contribution in [2.75, 3.05) is 7.11 Å². The number of carbonyl (C=O) groups excluding carboxylic acids is 1. The molecule has 2 rings (SSSR count). The quantitative estimate of drug-likeness (QED) is 0.626. The summed E-state index contributed by atoms with van der Waals surface area (Å²) in [4.78, 5) is 16.2. The van der Waals surface area contributed by atoms with E-state index in [1.165, 1.54) is 6.42 Å². The lowest BCUT2D eigenvalue weighted by molar-refractivity contribution is 0.0976. The number of rotatable bonds is 3. The van der Waals surface area contributed by atoms with E-state index in [9.17, 15) is 4.79 Å². The molecule has 6 heteroatoms. The van der Waals surface area contributed by atoms with Gasteiger partial charge in [0, 0.05) is 10.6 Å². The summed E-state index contributed by atoms with van der Waals surface area (Å²) in [5.41, 5.74) is 7.68. The molecular formula is C19H24ClN3O2. The van der Waals surface area contributed by atoms with Crippen molar-refractivity contribution in [1.82, 2.24) is 5.32 Å². The Morgan fingerprint density at radius 2 is 1.80 bits per heavy atom. The Balaban J connectivity index is 0.000000970. The molecule has 3 N–H and O–H groups in total. The molecule has 0 saturated carbocycles. The molecule has 0 bridgehead atoms. The minimum absolute atomic E-state index is 0.00722. The topological polar surface area (TPSA) is 76.7 Å². The number of nitrogens with zero attached hydrogens (tertiary/aromatic N) is 1. The van der Waals surface area contributed by atoms with E-state index in [1.54, 1.807) is 49.6 Å². The fourth-order valence-electron chi connectivity index (χ4n) is 1.88. The van der Waals surface area contributed by atoms with Gasteiger partial charge in [-0.25, -0.2) is 4.99 Å². The van der Waals surface area contributed by atoms with Crippen molar-refractivity contribution in [2.45, 2.75) is 27.2 Å². The Bertz CT molecular complexity index is 708. The third kappa shape index (κ3) is 7.27. The van der Waals surface area contributed by atoms with Crippen LogP contribution in [-0.2, 0) is 0 Å². The number of halogens is 1. The van der Waals surface area contributed by atoms with E-state index < -0.39 is 0 Å². The zero-order valence-corrected chi connectivity index (χ0v) is 15.7. The molecule has 0 spiro atoms. The third-order valence-electron chi connectivity index (χ3n) is 2.87. The van der Waals surface area contributed by atoms with Gasteiger partial charge in [-0.1, -0.05) is 31.9 Å². The predicted octanol–water partition coefficient (Wildman–Crippen LogP) is 4.45. The molecule has 0 aliphatic heterocycles. The number of hydrogen-bond donors (Lipinski definition) is 2. The second-order valence-electron chi connectivity index (χ2n) is 5.37. The van der Waals surface area contributed by atoms with Crippen LogP contribution in [-0.4, -0.2) is 19.0 Å². The van der Waals surface area contributed by atoms with Crippen molar-refractivity contribution >= 4 is 29.2 Å². The van der Waals surface area contributed by atoms with Crippen LogP contribution in [0, 0.1) is 6.92 Å². The summed E-state index contributed by atoms with van der Waals surface area (Å²) in [6.45, 7) is 6.11. The number of aryl methyl sites for hydroxylation is 1. The van der Waals surface area contributed by atoms with Crippen molar-refractivity contribution in [3.8, 4) is 5.75 Å². The Morgan fingerprint density at radius 3 is 2.32 bits per heavy atom. The van der Waals surface area contributed by atoms with Gasteiger partial charge in [0.05, 0.1) is 12.8 Å². The molecule has 5 nitrogen and oxygen atoms in total. The van der Waals surface area contributed by atoms with Crippen molar-refractivity contribution in [1.29, 1.82) is 0 Å². The number of aliphatic imine (C=N–C) groups is 1. The molecule has 0 aliphatic rings. The maximum atomic E-state index is 12.1. The van der Waals surface area contributed by atoms with Gasteiger partial charge in [0.25, 0.3) is 5.91 Å². The highest BCUT2D eigenvalue weighted by Gasteiger charge is 2.08. The Morgan fingerprint density at radius 1 is 1.20 bits per heavy atom. The van der Waals surface area contributed by atoms with Gasteiger partial charge in [-0.15, -0.1) is 0 Å². The average molecular weight is 362 g/mol. The molecule has 0 aromatic heterocycles. The largest absolute Gasteiger partial charge is 0.497 e. The maximum absolute atomic E-state index is 12.1. The number of amides is 1. The van der Waals surface area contributed by atoms with Crippen molar-refractivity contribution in [2.24, 2.45) is 10.7 Å². The van der Waals surface area contributed by atoms with Crippen LogP contribution in [0.4, 0.5) is 5.69 Å². The summed E-state index contributed by atoms with van der Waals surface area (Å²) in [6.07, 6.45) is 1.25. The zero-order chi connectivity index (χ0) is 18.8. The van der Waals surface area contributed by atoms with E-state index >= 15 is 0 Å². The molecule has 0 fully saturated rings. The summed E-state index contributed by atoms with van der Waals surface area (Å²) in [5, 5.41) is 3.02. The van der Waals surface area contributed by atoms with Gasteiger partial charge in [0.1, 0.15) is 5.75 Å². The van der Waals surface area contributed by atoms with E-state index in [0.29, 0.717) is 16.3 Å². The Kier molecular flexibility index (Phi) is 8.50. The van der Waals surface area contributed by atoms with Crippen LogP contribution in [0.15, 0.2) is 47.5 Å². The van der Waals surface area contributed by atoms with Crippen LogP contribution < -0.4 is 15.8 Å². The van der Waals surface area contributed by atoms with E-state index in [1.807, 2.05) is 6.92 Å². The normalized spacial score (nSPS) is 10.5. The number of nitrogens with two attached hydrogens (primary N) is 1. The molecule has 0 atom stereocenters. The van der Waals surface area contributed by atoms with Gasteiger partial charge in [-0.05, 0) is 55.0 Å². The second kappa shape index (κ2) is 10.4. The van der Waals surface area contributed by atoms with Crippen molar-refractivity contribution < 1.29 is 9.53 Å². The summed E-state index contributed by atoms with van der Waals surface area (Å²) in [5.74, 6) is 0.365. The molecule has 25 heavy (non-hydrogen) atoms. The first-order chi connectivity index (χ1) is 11.9. The van der Waals surface area contributed by atoms with Gasteiger partial charge in [0.2, 0.25) is 5.96 Å². The monoisotopic (exact) mass is 361 g/mol. The van der Waals surface area contributed by atoms with Crippen LogP contribution in [0.5, 0.6) is 5.75 Å². The molecule has 1 amide bonds. The van der Waals surface area contributed by atoms with Gasteiger partial charge in [0.15, 0.2) is 0 Å². The number of ether oxygens (including phenoxy) is 1. The lowest BCUT2D eigenvalue weighted by Crippen LogP contribution is -2.36. The molecule has 0 unspecified atom stereocenters. The molecular weight excluding hydrogens is 338 g/mol. The maximum Gasteiger partial charge on any atom is 0.258 e. The van der Waals surface area contributed by atoms with Gasteiger partial charge < -0.3 is 10.5 Å². The summed E-state index contributed by atoms with van der Waals surface area (Å²) in [6, 6.07) is 12.1. The smallest absolute Gasteiger partial charge is 0.258 e. The molecule has 2 aromatic carbocycles. The molecule has 134 valence electrons. The lowest BCUT2D eigenvalue weighted by Gasteiger charge is -2.06. The standard InChI is InChI=1S/C16H16ClN3O2.C3H8/c1-10-7-11(9-12(17)8-10)15(21)20-16(18)19-13-3-5-14(22-2)6-4-13;1-3-2/h3-9H,1-2H3,(H3,18,19,20,21);3H2,1-2H3. The number of benzene rings is 2. The predicted molar refractivity (Wildman–Crippen MR) is 104 cm³/mol. The van der Waals surface area contributed by atoms with Crippen molar-refractivity contribution in [3.05, 3.63) is 58.6 Å². The summed E-state index contributed by atoms with van der Waals surface area (Å²) >= 11 is 5.94. The number of methoxy groups -OCH3 is 1. The van der Waals surface area contributed by atoms with Crippen LogP contribution in [0.2, 0.25) is 5.02 Å². The first-order valence-electron chi connectivity index (χ1n) is 7.96. The SMILES string of the molecule is CCC.COc1ccc(N=C(N)NC(=O)c2cc(C)cc(Cl)c2)cc1. The van der Waals surface area contributed by atoms with E-state index in [4.69, 9.17) is 22.1 Å². The Hall–Kier alpha value is -2.53. The lowest BCUT2D eigenvalue weighted by atomic mass is 10.1. The van der Waals surface area contributed by atoms with Crippen LogP contribution in [0.3, 0.4) is 0 Å². The van der Waals surface area contributed by atoms with Gasteiger partial charge >= 0.3 is 0 Å². The van der Waals surface area contributed by atoms with E-state index in [2.05, 4.69) is 24.2 Å². The molecule has 0 saturated heterocycles. The van der Waals surface area contributed by atoms with Gasteiger partial charge in [-0.2, -0.15) is 0 Å². The first kappa shape index (κ1) is 20.5. The van der Waals surface area contributed by atoms with Crippen molar-refractivity contribution in [3.63, 3.8) is 0 Å². The van der Waals surface area contributed by atoms with E-state index in [-0.39, 0.29) is 11.9 Å². The minimum Gasteiger partial charge on any atom is -0.497 e. The number of hydrogen-bond acceptors (Lipinski definition) is 3. The molecule has 0 heterocycles. The number of carbonyl (C=O) groups is 1. The van der Waals surface area contributed by atoms with Gasteiger partial charge in [-0.3, -0.25) is 10.1 Å². The third-order valence-corrected chi connectivity index (χ3v) is 3.09. The highest BCUT2D eigenvalue weighted by molar-refractivity contribution is 6.31. The van der Waals surface area contributed by atoms with E-state index in [0.717, 1.165) is 11.3 Å². The van der Waals surface area contributed by atoms with Crippen LogP contribution in [0.1, 0.15) is 36.2 Å². The molecule has 0 radical (unpaired) electrons. The fourth-order valence-corrected chi connectivity index (χ4v) is 2.17. The highest BCUT2D eigenvalue weighted by atomic mass is 35.5. The Labute approximate surface area is 153 Å². The van der Waals surface area contributed by atoms with Crippen LogP contribution in [0.25, 0.3) is 0 Å². The average Bonchev–Trinajstić information content (AvgIpc) is 2.55. The first-order valence-corrected chi connectivity index (χ1v) is 8.34. The summed E-state index contributed by atoms with van der Waals surface area (Å²) in [7, 11) is 1.58.